The van der Waals surface area contributed by atoms with E-state index >= 15 is 0 Å². The number of hydrogen-bond acceptors (Lipinski definition) is 5. The first-order valence-corrected chi connectivity index (χ1v) is 13.5. The first kappa shape index (κ1) is 29.3. The van der Waals surface area contributed by atoms with Crippen LogP contribution in [0.2, 0.25) is 0 Å². The lowest BCUT2D eigenvalue weighted by Crippen LogP contribution is -2.57. The molecule has 0 saturated carbocycles. The summed E-state index contributed by atoms with van der Waals surface area (Å²) in [4.78, 5) is 57.6. The van der Waals surface area contributed by atoms with Crippen molar-refractivity contribution < 1.29 is 24.3 Å². The van der Waals surface area contributed by atoms with Crippen molar-refractivity contribution >= 4 is 45.5 Å². The summed E-state index contributed by atoms with van der Waals surface area (Å²) in [5, 5.41) is 19.6. The van der Waals surface area contributed by atoms with Gasteiger partial charge in [-0.3, -0.25) is 14.4 Å². The van der Waals surface area contributed by atoms with Gasteiger partial charge in [-0.25, -0.2) is 4.79 Å². The molecule has 216 valence electrons. The molecule has 0 fully saturated rings. The van der Waals surface area contributed by atoms with Crippen molar-refractivity contribution in [2.45, 2.75) is 57.8 Å². The lowest BCUT2D eigenvalue weighted by atomic mass is 10.0. The van der Waals surface area contributed by atoms with Crippen molar-refractivity contribution in [1.82, 2.24) is 25.9 Å². The summed E-state index contributed by atoms with van der Waals surface area (Å²) in [6.07, 6.45) is 3.61. The van der Waals surface area contributed by atoms with Crippen LogP contribution < -0.4 is 21.7 Å². The maximum Gasteiger partial charge on any atom is 0.326 e. The van der Waals surface area contributed by atoms with Crippen LogP contribution in [0.15, 0.2) is 60.9 Å². The molecular formula is C30H36N6O5. The monoisotopic (exact) mass is 560 g/mol. The quantitative estimate of drug-likeness (QED) is 0.139. The number of H-pyrrole nitrogens is 2. The molecule has 0 aliphatic carbocycles. The van der Waals surface area contributed by atoms with Crippen LogP contribution in [0.5, 0.6) is 0 Å². The number of carboxylic acids is 1. The zero-order valence-corrected chi connectivity index (χ0v) is 23.2. The van der Waals surface area contributed by atoms with Gasteiger partial charge in [-0.1, -0.05) is 50.2 Å². The number of carbonyl (C=O) groups excluding carboxylic acids is 3. The minimum absolute atomic E-state index is 0.0401. The van der Waals surface area contributed by atoms with Gasteiger partial charge in [0.1, 0.15) is 18.1 Å². The van der Waals surface area contributed by atoms with Crippen LogP contribution in [0.25, 0.3) is 21.8 Å². The highest BCUT2D eigenvalue weighted by atomic mass is 16.4. The smallest absolute Gasteiger partial charge is 0.326 e. The Morgan fingerprint density at radius 1 is 0.732 bits per heavy atom. The lowest BCUT2D eigenvalue weighted by molar-refractivity contribution is -0.142. The molecule has 4 atom stereocenters. The normalized spacial score (nSPS) is 14.4. The number of benzene rings is 2. The number of hydrogen-bond donors (Lipinski definition) is 7. The molecule has 0 aliphatic rings. The molecule has 0 unspecified atom stereocenters. The standard InChI is InChI=1S/C30H36N6O5/c1-16(2)26(31)29(39)34-17(3)27(37)35-24(12-18-14-32-22-10-6-4-8-20(18)22)28(38)36-25(30(40)41)13-19-15-33-23-11-7-5-9-21(19)23/h4-11,14-17,24-26,32-33H,12-13,31H2,1-3H3,(H,34,39)(H,35,37)(H,36,38)(H,40,41)/t17-,24-,25-,26-/m0/s1. The van der Waals surface area contributed by atoms with Crippen molar-refractivity contribution in [3.63, 3.8) is 0 Å². The molecular weight excluding hydrogens is 524 g/mol. The second kappa shape index (κ2) is 12.7. The number of aromatic amines is 2. The molecule has 4 aromatic rings. The van der Waals surface area contributed by atoms with Crippen LogP contribution >= 0.6 is 0 Å². The Bertz CT molecular complexity index is 1560. The number of aromatic nitrogens is 2. The fourth-order valence-electron chi connectivity index (χ4n) is 4.70. The Kier molecular flexibility index (Phi) is 9.08. The van der Waals surface area contributed by atoms with Gasteiger partial charge >= 0.3 is 5.97 Å². The molecule has 4 rings (SSSR count). The number of nitrogens with two attached hydrogens (primary N) is 1. The average Bonchev–Trinajstić information content (AvgIpc) is 3.55. The van der Waals surface area contributed by atoms with E-state index in [-0.39, 0.29) is 18.8 Å². The summed E-state index contributed by atoms with van der Waals surface area (Å²) in [6.45, 7) is 5.09. The molecule has 0 aliphatic heterocycles. The molecule has 2 aromatic carbocycles. The highest BCUT2D eigenvalue weighted by Crippen LogP contribution is 2.21. The van der Waals surface area contributed by atoms with E-state index in [9.17, 15) is 24.3 Å². The van der Waals surface area contributed by atoms with Crippen molar-refractivity contribution in [1.29, 1.82) is 0 Å². The maximum atomic E-state index is 13.6. The molecule has 0 saturated heterocycles. The average molecular weight is 561 g/mol. The third kappa shape index (κ3) is 6.93. The molecule has 0 radical (unpaired) electrons. The molecule has 2 aromatic heterocycles. The Labute approximate surface area is 237 Å². The summed E-state index contributed by atoms with van der Waals surface area (Å²) in [5.74, 6) is -3.07. The number of nitrogens with one attached hydrogen (secondary N) is 5. The van der Waals surface area contributed by atoms with E-state index in [1.54, 1.807) is 26.2 Å². The van der Waals surface area contributed by atoms with E-state index in [0.717, 1.165) is 32.9 Å². The van der Waals surface area contributed by atoms with E-state index in [4.69, 9.17) is 5.73 Å². The van der Waals surface area contributed by atoms with Crippen molar-refractivity contribution in [3.05, 3.63) is 72.1 Å². The van der Waals surface area contributed by atoms with Gasteiger partial charge in [-0.2, -0.15) is 0 Å². The minimum atomic E-state index is -1.25. The van der Waals surface area contributed by atoms with Crippen molar-refractivity contribution in [2.75, 3.05) is 0 Å². The van der Waals surface area contributed by atoms with Gasteiger partial charge in [-0.15, -0.1) is 0 Å². The van der Waals surface area contributed by atoms with E-state index in [2.05, 4.69) is 25.9 Å². The third-order valence-corrected chi connectivity index (χ3v) is 7.22. The summed E-state index contributed by atoms with van der Waals surface area (Å²) in [5.41, 5.74) is 9.13. The number of carbonyl (C=O) groups is 4. The third-order valence-electron chi connectivity index (χ3n) is 7.22. The maximum absolute atomic E-state index is 13.6. The van der Waals surface area contributed by atoms with Gasteiger partial charge in [0.25, 0.3) is 0 Å². The molecule has 0 bridgehead atoms. The van der Waals surface area contributed by atoms with Crippen LogP contribution in [0.1, 0.15) is 31.9 Å². The predicted octanol–water partition coefficient (Wildman–Crippen LogP) is 1.98. The zero-order chi connectivity index (χ0) is 29.7. The summed E-state index contributed by atoms with van der Waals surface area (Å²) < 4.78 is 0. The first-order chi connectivity index (χ1) is 19.5. The van der Waals surface area contributed by atoms with Crippen LogP contribution in [-0.4, -0.2) is 62.9 Å². The zero-order valence-electron chi connectivity index (χ0n) is 23.2. The van der Waals surface area contributed by atoms with E-state index in [1.807, 2.05) is 48.5 Å². The molecule has 11 nitrogen and oxygen atoms in total. The van der Waals surface area contributed by atoms with Gasteiger partial charge in [-0.05, 0) is 36.1 Å². The number of fused-ring (bicyclic) bond motifs is 2. The number of amides is 3. The second-order valence-corrected chi connectivity index (χ2v) is 10.6. The predicted molar refractivity (Wildman–Crippen MR) is 156 cm³/mol. The van der Waals surface area contributed by atoms with Crippen molar-refractivity contribution in [3.8, 4) is 0 Å². The van der Waals surface area contributed by atoms with Gasteiger partial charge in [0.15, 0.2) is 0 Å². The molecule has 0 spiro atoms. The molecule has 11 heteroatoms. The second-order valence-electron chi connectivity index (χ2n) is 10.6. The Balaban J connectivity index is 1.54. The van der Waals surface area contributed by atoms with E-state index < -0.39 is 47.9 Å². The van der Waals surface area contributed by atoms with Crippen LogP contribution in [0.4, 0.5) is 0 Å². The summed E-state index contributed by atoms with van der Waals surface area (Å²) >= 11 is 0. The summed E-state index contributed by atoms with van der Waals surface area (Å²) in [7, 11) is 0. The highest BCUT2D eigenvalue weighted by Gasteiger charge is 2.30. The number of carboxylic acid groups (broad SMARTS) is 1. The Hall–Kier alpha value is -4.64. The van der Waals surface area contributed by atoms with E-state index in [0.29, 0.717) is 0 Å². The molecule has 3 amide bonds. The SMILES string of the molecule is CC(C)[C@H](N)C(=O)N[C@@H](C)C(=O)N[C@@H](Cc1c[nH]c2ccccc12)C(=O)N[C@@H](Cc1c[nH]c2ccccc12)C(=O)O. The topological polar surface area (TPSA) is 182 Å². The fraction of sp³-hybridized carbons (Fsp3) is 0.333. The van der Waals surface area contributed by atoms with Gasteiger partial charge in [0.2, 0.25) is 17.7 Å². The van der Waals surface area contributed by atoms with Crippen LogP contribution in [0.3, 0.4) is 0 Å². The minimum Gasteiger partial charge on any atom is -0.480 e. The molecule has 2 heterocycles. The number of rotatable bonds is 12. The highest BCUT2D eigenvalue weighted by molar-refractivity contribution is 5.95. The van der Waals surface area contributed by atoms with Gasteiger partial charge in [0.05, 0.1) is 6.04 Å². The fourth-order valence-corrected chi connectivity index (χ4v) is 4.70. The van der Waals surface area contributed by atoms with Gasteiger partial charge < -0.3 is 36.8 Å². The lowest BCUT2D eigenvalue weighted by Gasteiger charge is -2.24. The Morgan fingerprint density at radius 3 is 1.73 bits per heavy atom. The number of aliphatic carboxylic acids is 1. The largest absolute Gasteiger partial charge is 0.480 e. The summed E-state index contributed by atoms with van der Waals surface area (Å²) in [6, 6.07) is 10.9. The van der Waals surface area contributed by atoms with Crippen molar-refractivity contribution in [2.24, 2.45) is 11.7 Å². The van der Waals surface area contributed by atoms with Crippen LogP contribution in [-0.2, 0) is 32.0 Å². The first-order valence-electron chi connectivity index (χ1n) is 13.5. The Morgan fingerprint density at radius 2 is 1.22 bits per heavy atom. The van der Waals surface area contributed by atoms with E-state index in [1.165, 1.54) is 6.92 Å². The molecule has 41 heavy (non-hydrogen) atoms. The number of para-hydroxylation sites is 2. The van der Waals surface area contributed by atoms with Crippen LogP contribution in [0, 0.1) is 5.92 Å². The molecule has 8 N–H and O–H groups in total. The van der Waals surface area contributed by atoms with Gasteiger partial charge in [0, 0.05) is 47.0 Å².